The molecule has 1 aromatic rings. The fourth-order valence-electron chi connectivity index (χ4n) is 1.54. The summed E-state index contributed by atoms with van der Waals surface area (Å²) in [4.78, 5) is 11.1. The molecule has 1 aliphatic rings. The first-order valence-electron chi connectivity index (χ1n) is 4.95. The van der Waals surface area contributed by atoms with E-state index >= 15 is 0 Å². The predicted molar refractivity (Wildman–Crippen MR) is 56.0 cm³/mol. The molecular weight excluding hydrogens is 192 g/mol. The zero-order chi connectivity index (χ0) is 10.8. The van der Waals surface area contributed by atoms with Crippen LogP contribution in [0, 0.1) is 12.8 Å². The topological polar surface area (TPSA) is 64.3 Å². The Hall–Kier alpha value is -1.55. The molecule has 0 aromatic heterocycles. The molecule has 4 nitrogen and oxygen atoms in total. The maximum Gasteiger partial charge on any atom is 0.240 e. The lowest BCUT2D eigenvalue weighted by atomic mass is 10.2. The summed E-state index contributed by atoms with van der Waals surface area (Å²) in [6, 6.07) is 7.77. The summed E-state index contributed by atoms with van der Waals surface area (Å²) in [5.41, 5.74) is 3.22. The molecule has 3 N–H and O–H groups in total. The van der Waals surface area contributed by atoms with E-state index in [1.807, 2.05) is 31.2 Å². The molecule has 0 aliphatic heterocycles. The van der Waals surface area contributed by atoms with Crippen LogP contribution in [0.3, 0.4) is 0 Å². The number of carbonyl (C=O) groups is 1. The van der Waals surface area contributed by atoms with E-state index in [0.29, 0.717) is 0 Å². The first-order chi connectivity index (χ1) is 7.22. The minimum atomic E-state index is -0.145. The van der Waals surface area contributed by atoms with Crippen molar-refractivity contribution in [3.05, 3.63) is 29.8 Å². The molecule has 1 amide bonds. The maximum atomic E-state index is 11.1. The van der Waals surface area contributed by atoms with Crippen LogP contribution in [0.5, 0.6) is 5.75 Å². The van der Waals surface area contributed by atoms with Crippen LogP contribution in [-0.4, -0.2) is 12.0 Å². The molecule has 1 fully saturated rings. The van der Waals surface area contributed by atoms with E-state index < -0.39 is 0 Å². The van der Waals surface area contributed by atoms with Crippen molar-refractivity contribution >= 4 is 5.91 Å². The summed E-state index contributed by atoms with van der Waals surface area (Å²) in [6.45, 7) is 1.98. The molecule has 0 bridgehead atoms. The van der Waals surface area contributed by atoms with Crippen molar-refractivity contribution in [2.24, 2.45) is 11.8 Å². The number of benzene rings is 1. The van der Waals surface area contributed by atoms with Crippen LogP contribution in [0.1, 0.15) is 12.0 Å². The normalized spacial score (nSPS) is 23.3. The Kier molecular flexibility index (Phi) is 2.60. The quantitative estimate of drug-likeness (QED) is 0.436. The lowest BCUT2D eigenvalue weighted by Crippen LogP contribution is -2.32. The van der Waals surface area contributed by atoms with Gasteiger partial charge in [0.05, 0.1) is 5.92 Å². The van der Waals surface area contributed by atoms with Crippen molar-refractivity contribution in [3.63, 3.8) is 0 Å². The molecule has 15 heavy (non-hydrogen) atoms. The molecule has 0 spiro atoms. The van der Waals surface area contributed by atoms with Crippen LogP contribution >= 0.6 is 0 Å². The van der Waals surface area contributed by atoms with Crippen molar-refractivity contribution < 1.29 is 9.53 Å². The smallest absolute Gasteiger partial charge is 0.240 e. The van der Waals surface area contributed by atoms with Gasteiger partial charge in [-0.1, -0.05) is 18.2 Å². The number of aryl methyl sites for hydroxylation is 1. The van der Waals surface area contributed by atoms with Gasteiger partial charge in [-0.25, -0.2) is 5.84 Å². The van der Waals surface area contributed by atoms with E-state index in [1.165, 1.54) is 0 Å². The second kappa shape index (κ2) is 3.90. The summed E-state index contributed by atoms with van der Waals surface area (Å²) in [5.74, 6) is 5.65. The molecule has 0 radical (unpaired) electrons. The largest absolute Gasteiger partial charge is 0.489 e. The Labute approximate surface area is 88.4 Å². The second-order valence-corrected chi connectivity index (χ2v) is 3.77. The van der Waals surface area contributed by atoms with Crippen molar-refractivity contribution in [3.8, 4) is 5.75 Å². The van der Waals surface area contributed by atoms with Gasteiger partial charge in [-0.15, -0.1) is 0 Å². The fraction of sp³-hybridized carbons (Fsp3) is 0.364. The van der Waals surface area contributed by atoms with E-state index in [-0.39, 0.29) is 17.9 Å². The molecule has 2 unspecified atom stereocenters. The van der Waals surface area contributed by atoms with Crippen LogP contribution in [-0.2, 0) is 4.79 Å². The van der Waals surface area contributed by atoms with Crippen LogP contribution < -0.4 is 16.0 Å². The summed E-state index contributed by atoms with van der Waals surface area (Å²) in [7, 11) is 0. The fourth-order valence-corrected chi connectivity index (χ4v) is 1.54. The van der Waals surface area contributed by atoms with Gasteiger partial charge >= 0.3 is 0 Å². The number of ether oxygens (including phenoxy) is 1. The van der Waals surface area contributed by atoms with Crippen LogP contribution in [0.25, 0.3) is 0 Å². The van der Waals surface area contributed by atoms with Gasteiger partial charge in [-0.3, -0.25) is 10.2 Å². The number of nitrogens with one attached hydrogen (secondary N) is 1. The molecular formula is C11H14N2O2. The number of para-hydroxylation sites is 1. The molecule has 1 aromatic carbocycles. The average molecular weight is 206 g/mol. The highest BCUT2D eigenvalue weighted by atomic mass is 16.5. The summed E-state index contributed by atoms with van der Waals surface area (Å²) >= 11 is 0. The first kappa shape index (κ1) is 9.98. The van der Waals surface area contributed by atoms with E-state index in [0.717, 1.165) is 17.7 Å². The van der Waals surface area contributed by atoms with Crippen molar-refractivity contribution in [2.75, 3.05) is 0 Å². The predicted octanol–water partition coefficient (Wildman–Crippen LogP) is 0.752. The van der Waals surface area contributed by atoms with Crippen molar-refractivity contribution in [1.29, 1.82) is 0 Å². The van der Waals surface area contributed by atoms with Crippen LogP contribution in [0.2, 0.25) is 0 Å². The summed E-state index contributed by atoms with van der Waals surface area (Å²) in [5, 5.41) is 0. The number of hydrazine groups is 1. The Morgan fingerprint density at radius 1 is 1.53 bits per heavy atom. The third kappa shape index (κ3) is 2.10. The minimum Gasteiger partial charge on any atom is -0.489 e. The molecule has 1 aliphatic carbocycles. The molecule has 2 atom stereocenters. The number of rotatable bonds is 3. The van der Waals surface area contributed by atoms with Gasteiger partial charge in [0, 0.05) is 6.42 Å². The second-order valence-electron chi connectivity index (χ2n) is 3.77. The van der Waals surface area contributed by atoms with Crippen molar-refractivity contribution in [1.82, 2.24) is 5.43 Å². The van der Waals surface area contributed by atoms with E-state index in [4.69, 9.17) is 10.6 Å². The van der Waals surface area contributed by atoms with Gasteiger partial charge in [0.15, 0.2) is 0 Å². The van der Waals surface area contributed by atoms with Crippen molar-refractivity contribution in [2.45, 2.75) is 19.4 Å². The van der Waals surface area contributed by atoms with Crippen LogP contribution in [0.15, 0.2) is 24.3 Å². The lowest BCUT2D eigenvalue weighted by molar-refractivity contribution is -0.122. The number of hydrogen-bond donors (Lipinski definition) is 2. The maximum absolute atomic E-state index is 11.1. The average Bonchev–Trinajstić information content (AvgIpc) is 3.00. The molecule has 1 saturated carbocycles. The Balaban J connectivity index is 1.95. The van der Waals surface area contributed by atoms with Gasteiger partial charge in [0.1, 0.15) is 11.9 Å². The molecule has 0 heterocycles. The zero-order valence-corrected chi connectivity index (χ0v) is 8.57. The van der Waals surface area contributed by atoms with E-state index in [1.54, 1.807) is 0 Å². The summed E-state index contributed by atoms with van der Waals surface area (Å²) < 4.78 is 5.68. The standard InChI is InChI=1S/C11H14N2O2/c1-7-4-2-3-5-9(7)15-10-6-8(10)11(14)13-12/h2-5,8,10H,6,12H2,1H3,(H,13,14). The monoisotopic (exact) mass is 206 g/mol. The van der Waals surface area contributed by atoms with Gasteiger partial charge < -0.3 is 4.74 Å². The Morgan fingerprint density at radius 3 is 2.93 bits per heavy atom. The minimum absolute atomic E-state index is 0.0188. The highest BCUT2D eigenvalue weighted by Gasteiger charge is 2.45. The summed E-state index contributed by atoms with van der Waals surface area (Å²) in [6.07, 6.45) is 0.729. The Bertz CT molecular complexity index is 379. The highest BCUT2D eigenvalue weighted by Crippen LogP contribution is 2.35. The number of carbonyl (C=O) groups excluding carboxylic acids is 1. The van der Waals surface area contributed by atoms with Crippen LogP contribution in [0.4, 0.5) is 0 Å². The molecule has 4 heteroatoms. The number of hydrogen-bond acceptors (Lipinski definition) is 3. The molecule has 0 saturated heterocycles. The first-order valence-corrected chi connectivity index (χ1v) is 4.95. The number of amides is 1. The molecule has 2 rings (SSSR count). The van der Waals surface area contributed by atoms with Gasteiger partial charge in [-0.05, 0) is 18.6 Å². The number of nitrogens with two attached hydrogens (primary N) is 1. The zero-order valence-electron chi connectivity index (χ0n) is 8.57. The van der Waals surface area contributed by atoms with Gasteiger partial charge in [0.25, 0.3) is 0 Å². The third-order valence-corrected chi connectivity index (χ3v) is 2.58. The Morgan fingerprint density at radius 2 is 2.27 bits per heavy atom. The highest BCUT2D eigenvalue weighted by molar-refractivity contribution is 5.81. The third-order valence-electron chi connectivity index (χ3n) is 2.58. The lowest BCUT2D eigenvalue weighted by Gasteiger charge is -2.07. The van der Waals surface area contributed by atoms with Gasteiger partial charge in [0.2, 0.25) is 5.91 Å². The van der Waals surface area contributed by atoms with Gasteiger partial charge in [-0.2, -0.15) is 0 Å². The van der Waals surface area contributed by atoms with E-state index in [2.05, 4.69) is 5.43 Å². The van der Waals surface area contributed by atoms with E-state index in [9.17, 15) is 4.79 Å². The molecule has 80 valence electrons. The SMILES string of the molecule is Cc1ccccc1OC1CC1C(=O)NN.